The van der Waals surface area contributed by atoms with E-state index in [0.717, 1.165) is 35.8 Å². The largest absolute Gasteiger partial charge is 0.332 e. The standard InChI is InChI=1S/C22H20N4S2/c27-21(23-17-9-3-1-4-10-17)25-15-16-26(20-14-8-7-13-19(20)25)22(28)24-18-11-5-2-6-12-18/h1-14H,15-16H2,(H,23,27)(H,24,28). The zero-order valence-corrected chi connectivity index (χ0v) is 16.8. The topological polar surface area (TPSA) is 30.5 Å². The fraction of sp³-hybridized carbons (Fsp3) is 0.0909. The van der Waals surface area contributed by atoms with Gasteiger partial charge in [0.25, 0.3) is 0 Å². The van der Waals surface area contributed by atoms with E-state index in [0.29, 0.717) is 10.2 Å². The molecule has 28 heavy (non-hydrogen) atoms. The van der Waals surface area contributed by atoms with Crippen molar-refractivity contribution >= 4 is 57.4 Å². The number of thiocarbonyl (C=S) groups is 2. The maximum Gasteiger partial charge on any atom is 0.178 e. The first-order valence-corrected chi connectivity index (χ1v) is 9.90. The molecule has 3 aromatic rings. The number of hydrogen-bond donors (Lipinski definition) is 2. The van der Waals surface area contributed by atoms with Gasteiger partial charge in [0, 0.05) is 24.5 Å². The summed E-state index contributed by atoms with van der Waals surface area (Å²) in [6.45, 7) is 1.48. The minimum atomic E-state index is 0.681. The quantitative estimate of drug-likeness (QED) is 0.578. The Morgan fingerprint density at radius 3 is 1.32 bits per heavy atom. The molecule has 0 atom stereocenters. The average Bonchev–Trinajstić information content (AvgIpc) is 2.74. The monoisotopic (exact) mass is 404 g/mol. The fourth-order valence-electron chi connectivity index (χ4n) is 3.21. The number of nitrogens with zero attached hydrogens (tertiary/aromatic N) is 2. The van der Waals surface area contributed by atoms with E-state index in [9.17, 15) is 0 Å². The van der Waals surface area contributed by atoms with Gasteiger partial charge in [-0.05, 0) is 60.8 Å². The van der Waals surface area contributed by atoms with E-state index in [1.54, 1.807) is 0 Å². The summed E-state index contributed by atoms with van der Waals surface area (Å²) in [6.07, 6.45) is 0. The molecule has 6 heteroatoms. The van der Waals surface area contributed by atoms with Gasteiger partial charge in [-0.25, -0.2) is 0 Å². The zero-order chi connectivity index (χ0) is 19.3. The molecule has 0 bridgehead atoms. The lowest BCUT2D eigenvalue weighted by molar-refractivity contribution is 0.888. The summed E-state index contributed by atoms with van der Waals surface area (Å²) < 4.78 is 0. The predicted molar refractivity (Wildman–Crippen MR) is 126 cm³/mol. The minimum Gasteiger partial charge on any atom is -0.332 e. The van der Waals surface area contributed by atoms with Crippen LogP contribution in [0.25, 0.3) is 0 Å². The van der Waals surface area contributed by atoms with E-state index >= 15 is 0 Å². The van der Waals surface area contributed by atoms with Crippen molar-refractivity contribution < 1.29 is 0 Å². The summed E-state index contributed by atoms with van der Waals surface area (Å²) in [7, 11) is 0. The molecule has 1 heterocycles. The molecule has 4 nitrogen and oxygen atoms in total. The lowest BCUT2D eigenvalue weighted by Crippen LogP contribution is -2.48. The van der Waals surface area contributed by atoms with Crippen LogP contribution in [-0.4, -0.2) is 23.3 Å². The Bertz CT molecular complexity index is 896. The van der Waals surface area contributed by atoms with Gasteiger partial charge in [-0.1, -0.05) is 48.5 Å². The van der Waals surface area contributed by atoms with Gasteiger partial charge in [0.1, 0.15) is 0 Å². The summed E-state index contributed by atoms with van der Waals surface area (Å²) >= 11 is 11.4. The lowest BCUT2D eigenvalue weighted by atomic mass is 10.2. The Labute approximate surface area is 175 Å². The summed E-state index contributed by atoms with van der Waals surface area (Å²) in [5.74, 6) is 0. The predicted octanol–water partition coefficient (Wildman–Crippen LogP) is 5.11. The normalized spacial score (nSPS) is 12.9. The zero-order valence-electron chi connectivity index (χ0n) is 15.2. The molecular formula is C22H20N4S2. The number of benzene rings is 3. The molecule has 0 aromatic heterocycles. The van der Waals surface area contributed by atoms with Crippen LogP contribution in [0.5, 0.6) is 0 Å². The second kappa shape index (κ2) is 8.37. The van der Waals surface area contributed by atoms with Crippen molar-refractivity contribution in [2.45, 2.75) is 0 Å². The molecular weight excluding hydrogens is 384 g/mol. The van der Waals surface area contributed by atoms with Crippen molar-refractivity contribution in [2.24, 2.45) is 0 Å². The summed E-state index contributed by atoms with van der Waals surface area (Å²) in [4.78, 5) is 4.25. The first kappa shape index (κ1) is 18.4. The average molecular weight is 405 g/mol. The van der Waals surface area contributed by atoms with Gasteiger partial charge in [-0.15, -0.1) is 0 Å². The third kappa shape index (κ3) is 3.98. The first-order chi connectivity index (χ1) is 13.7. The summed E-state index contributed by atoms with van der Waals surface area (Å²) in [5.41, 5.74) is 4.04. The molecule has 0 radical (unpaired) electrons. The van der Waals surface area contributed by atoms with Crippen LogP contribution in [0.3, 0.4) is 0 Å². The van der Waals surface area contributed by atoms with E-state index in [1.165, 1.54) is 0 Å². The second-order valence-corrected chi connectivity index (χ2v) is 7.16. The molecule has 0 unspecified atom stereocenters. The highest BCUT2D eigenvalue weighted by atomic mass is 32.1. The van der Waals surface area contributed by atoms with Gasteiger partial charge < -0.3 is 20.4 Å². The van der Waals surface area contributed by atoms with Gasteiger partial charge in [-0.3, -0.25) is 0 Å². The highest BCUT2D eigenvalue weighted by molar-refractivity contribution is 7.81. The Morgan fingerprint density at radius 2 is 0.929 bits per heavy atom. The van der Waals surface area contributed by atoms with Gasteiger partial charge in [0.05, 0.1) is 11.4 Å². The van der Waals surface area contributed by atoms with Crippen molar-refractivity contribution in [1.82, 2.24) is 0 Å². The molecule has 3 aromatic carbocycles. The van der Waals surface area contributed by atoms with Crippen molar-refractivity contribution in [2.75, 3.05) is 33.5 Å². The number of nitrogens with one attached hydrogen (secondary N) is 2. The Balaban J connectivity index is 1.55. The van der Waals surface area contributed by atoms with E-state index in [2.05, 4.69) is 32.6 Å². The van der Waals surface area contributed by atoms with Crippen molar-refractivity contribution in [3.05, 3.63) is 84.9 Å². The highest BCUT2D eigenvalue weighted by Gasteiger charge is 2.27. The van der Waals surface area contributed by atoms with Crippen LogP contribution < -0.4 is 20.4 Å². The number of para-hydroxylation sites is 4. The van der Waals surface area contributed by atoms with E-state index in [4.69, 9.17) is 24.4 Å². The first-order valence-electron chi connectivity index (χ1n) is 9.08. The van der Waals surface area contributed by atoms with Gasteiger partial charge >= 0.3 is 0 Å². The molecule has 0 amide bonds. The molecule has 2 N–H and O–H groups in total. The minimum absolute atomic E-state index is 0.681. The maximum absolute atomic E-state index is 5.69. The smallest absolute Gasteiger partial charge is 0.178 e. The van der Waals surface area contributed by atoms with Crippen LogP contribution in [0.15, 0.2) is 84.9 Å². The molecule has 0 spiro atoms. The highest BCUT2D eigenvalue weighted by Crippen LogP contribution is 2.33. The number of fused-ring (bicyclic) bond motifs is 1. The van der Waals surface area contributed by atoms with Crippen LogP contribution in [0.1, 0.15) is 0 Å². The van der Waals surface area contributed by atoms with Gasteiger partial charge in [-0.2, -0.15) is 0 Å². The summed E-state index contributed by atoms with van der Waals surface area (Å²) in [5, 5.41) is 8.02. The third-order valence-electron chi connectivity index (χ3n) is 4.55. The number of rotatable bonds is 2. The van der Waals surface area contributed by atoms with Crippen LogP contribution in [0.2, 0.25) is 0 Å². The van der Waals surface area contributed by atoms with Crippen LogP contribution in [-0.2, 0) is 0 Å². The molecule has 0 fully saturated rings. The maximum atomic E-state index is 5.69. The van der Waals surface area contributed by atoms with Gasteiger partial charge in [0.15, 0.2) is 10.2 Å². The molecule has 140 valence electrons. The van der Waals surface area contributed by atoms with Crippen LogP contribution in [0, 0.1) is 0 Å². The Morgan fingerprint density at radius 1 is 0.571 bits per heavy atom. The van der Waals surface area contributed by atoms with E-state index < -0.39 is 0 Å². The Kier molecular flexibility index (Phi) is 5.50. The number of anilines is 4. The fourth-order valence-corrected chi connectivity index (χ4v) is 3.82. The van der Waals surface area contributed by atoms with Gasteiger partial charge in [0.2, 0.25) is 0 Å². The second-order valence-electron chi connectivity index (χ2n) is 6.38. The van der Waals surface area contributed by atoms with Crippen molar-refractivity contribution in [3.8, 4) is 0 Å². The van der Waals surface area contributed by atoms with Crippen LogP contribution in [0.4, 0.5) is 22.7 Å². The third-order valence-corrected chi connectivity index (χ3v) is 5.20. The lowest BCUT2D eigenvalue weighted by Gasteiger charge is -2.39. The van der Waals surface area contributed by atoms with Crippen LogP contribution >= 0.6 is 24.4 Å². The molecule has 0 saturated carbocycles. The van der Waals surface area contributed by atoms with Crippen molar-refractivity contribution in [3.63, 3.8) is 0 Å². The molecule has 0 saturated heterocycles. The van der Waals surface area contributed by atoms with E-state index in [-0.39, 0.29) is 0 Å². The molecule has 1 aliphatic rings. The molecule has 0 aliphatic carbocycles. The number of hydrogen-bond acceptors (Lipinski definition) is 2. The summed E-state index contributed by atoms with van der Waals surface area (Å²) in [6, 6.07) is 28.2. The molecule has 1 aliphatic heterocycles. The van der Waals surface area contributed by atoms with E-state index in [1.807, 2.05) is 72.8 Å². The molecule has 4 rings (SSSR count). The SMILES string of the molecule is S=C(Nc1ccccc1)N1CCN(C(=S)Nc2ccccc2)c2ccccc21. The Hall–Kier alpha value is -2.96. The van der Waals surface area contributed by atoms with Crippen molar-refractivity contribution in [1.29, 1.82) is 0 Å².